The Morgan fingerprint density at radius 1 is 1.17 bits per heavy atom. The summed E-state index contributed by atoms with van der Waals surface area (Å²) in [6.45, 7) is 1.19. The number of rotatable bonds is 2. The molecule has 2 aliphatic heterocycles. The molecule has 1 amide bonds. The Labute approximate surface area is 170 Å². The molecule has 0 bridgehead atoms. The summed E-state index contributed by atoms with van der Waals surface area (Å²) in [4.78, 5) is 15.5. The Hall–Kier alpha value is -2.64. The lowest BCUT2D eigenvalue weighted by molar-refractivity contribution is -0.153. The first-order chi connectivity index (χ1) is 14.1. The van der Waals surface area contributed by atoms with Gasteiger partial charge in [0, 0.05) is 17.9 Å². The third-order valence-electron chi connectivity index (χ3n) is 6.88. The molecule has 0 aromatic heterocycles. The second kappa shape index (κ2) is 7.00. The van der Waals surface area contributed by atoms with E-state index in [0.29, 0.717) is 19.6 Å². The molecular formula is C25H24FNO2. The molecule has 2 fully saturated rings. The molecule has 1 aliphatic carbocycles. The summed E-state index contributed by atoms with van der Waals surface area (Å²) in [5, 5.41) is 0. The summed E-state index contributed by atoms with van der Waals surface area (Å²) < 4.78 is 19.6. The minimum Gasteiger partial charge on any atom is -0.368 e. The highest BCUT2D eigenvalue weighted by Crippen LogP contribution is 2.56. The van der Waals surface area contributed by atoms with Crippen LogP contribution in [0.3, 0.4) is 0 Å². The van der Waals surface area contributed by atoms with Gasteiger partial charge in [-0.3, -0.25) is 4.79 Å². The van der Waals surface area contributed by atoms with Gasteiger partial charge in [-0.25, -0.2) is 4.39 Å². The van der Waals surface area contributed by atoms with Crippen molar-refractivity contribution < 1.29 is 13.9 Å². The summed E-state index contributed by atoms with van der Waals surface area (Å²) in [5.41, 5.74) is 3.35. The molecule has 5 rings (SSSR count). The lowest BCUT2D eigenvalue weighted by atomic mass is 9.82. The van der Waals surface area contributed by atoms with Crippen molar-refractivity contribution >= 4 is 5.91 Å². The second-order valence-electron chi connectivity index (χ2n) is 8.55. The van der Waals surface area contributed by atoms with Gasteiger partial charge in [-0.15, -0.1) is 12.3 Å². The third kappa shape index (κ3) is 3.14. The van der Waals surface area contributed by atoms with Gasteiger partial charge in [0.2, 0.25) is 0 Å². The molecule has 2 aromatic carbocycles. The highest BCUT2D eigenvalue weighted by Gasteiger charge is 2.54. The van der Waals surface area contributed by atoms with Gasteiger partial charge in [-0.1, -0.05) is 36.4 Å². The predicted octanol–water partition coefficient (Wildman–Crippen LogP) is 4.12. The standard InChI is InChI=1S/C25H24FNO2/c1-2-19-15-22(29-16-25(19)12-13-25)24(28)27-14-11-17-5-3-4-6-21(17)23(27)18-7-9-20(26)10-8-18/h1,3-10,19,22-23H,11-16H2/t19-,22+,23-/m0/s1. The molecule has 0 radical (unpaired) electrons. The van der Waals surface area contributed by atoms with E-state index in [2.05, 4.69) is 18.1 Å². The molecule has 0 unspecified atom stereocenters. The largest absolute Gasteiger partial charge is 0.368 e. The Balaban J connectivity index is 1.47. The van der Waals surface area contributed by atoms with Crippen LogP contribution in [0.2, 0.25) is 0 Å². The second-order valence-corrected chi connectivity index (χ2v) is 8.55. The van der Waals surface area contributed by atoms with E-state index in [4.69, 9.17) is 11.2 Å². The van der Waals surface area contributed by atoms with Crippen molar-refractivity contribution in [2.24, 2.45) is 11.3 Å². The fourth-order valence-corrected chi connectivity index (χ4v) is 4.96. The Kier molecular flexibility index (Phi) is 4.44. The van der Waals surface area contributed by atoms with Crippen LogP contribution >= 0.6 is 0 Å². The summed E-state index contributed by atoms with van der Waals surface area (Å²) >= 11 is 0. The number of terminal acetylenes is 1. The summed E-state index contributed by atoms with van der Waals surface area (Å²) in [5.74, 6) is 2.73. The SMILES string of the molecule is C#C[C@H]1C[C@H](C(=O)N2CCc3ccccc3[C@@H]2c2ccc(F)cc2)OCC12CC2. The van der Waals surface area contributed by atoms with E-state index >= 15 is 0 Å². The molecule has 148 valence electrons. The number of hydrogen-bond acceptors (Lipinski definition) is 2. The zero-order valence-corrected chi connectivity index (χ0v) is 16.3. The number of benzene rings is 2. The van der Waals surface area contributed by atoms with Crippen LogP contribution in [0.15, 0.2) is 48.5 Å². The molecule has 0 N–H and O–H groups in total. The van der Waals surface area contributed by atoms with Gasteiger partial charge in [0.1, 0.15) is 11.9 Å². The molecule has 2 aromatic rings. The van der Waals surface area contributed by atoms with E-state index in [-0.39, 0.29) is 29.1 Å². The summed E-state index contributed by atoms with van der Waals surface area (Å²) in [7, 11) is 0. The van der Waals surface area contributed by atoms with Crippen molar-refractivity contribution in [1.82, 2.24) is 4.90 Å². The van der Waals surface area contributed by atoms with Crippen LogP contribution in [-0.2, 0) is 16.0 Å². The number of nitrogens with zero attached hydrogens (tertiary/aromatic N) is 1. The first-order valence-electron chi connectivity index (χ1n) is 10.3. The van der Waals surface area contributed by atoms with Crippen LogP contribution in [0, 0.1) is 29.5 Å². The van der Waals surface area contributed by atoms with Crippen LogP contribution in [0.5, 0.6) is 0 Å². The van der Waals surface area contributed by atoms with E-state index < -0.39 is 6.10 Å². The van der Waals surface area contributed by atoms with Crippen LogP contribution in [0.4, 0.5) is 4.39 Å². The zero-order chi connectivity index (χ0) is 20.0. The van der Waals surface area contributed by atoms with E-state index in [1.807, 2.05) is 17.0 Å². The fraction of sp³-hybridized carbons (Fsp3) is 0.400. The first-order valence-corrected chi connectivity index (χ1v) is 10.3. The number of amides is 1. The molecule has 2 heterocycles. The maximum Gasteiger partial charge on any atom is 0.252 e. The number of hydrogen-bond donors (Lipinski definition) is 0. The highest BCUT2D eigenvalue weighted by molar-refractivity contribution is 5.82. The van der Waals surface area contributed by atoms with E-state index in [0.717, 1.165) is 30.4 Å². The van der Waals surface area contributed by atoms with Gasteiger partial charge in [-0.05, 0) is 54.5 Å². The van der Waals surface area contributed by atoms with Gasteiger partial charge < -0.3 is 9.64 Å². The minimum absolute atomic E-state index is 0.00965. The third-order valence-corrected chi connectivity index (χ3v) is 6.88. The van der Waals surface area contributed by atoms with Crippen molar-refractivity contribution in [3.05, 3.63) is 71.0 Å². The van der Waals surface area contributed by atoms with E-state index in [1.165, 1.54) is 17.7 Å². The average molecular weight is 389 g/mol. The van der Waals surface area contributed by atoms with Gasteiger partial charge in [0.05, 0.1) is 12.6 Å². The molecule has 4 heteroatoms. The lowest BCUT2D eigenvalue weighted by Crippen LogP contribution is -2.49. The number of ether oxygens (including phenoxy) is 1. The monoisotopic (exact) mass is 389 g/mol. The maximum atomic E-state index is 13.6. The molecule has 3 aliphatic rings. The molecule has 1 saturated heterocycles. The van der Waals surface area contributed by atoms with Gasteiger partial charge in [-0.2, -0.15) is 0 Å². The Bertz CT molecular complexity index is 973. The zero-order valence-electron chi connectivity index (χ0n) is 16.3. The Morgan fingerprint density at radius 2 is 1.93 bits per heavy atom. The molecule has 3 nitrogen and oxygen atoms in total. The summed E-state index contributed by atoms with van der Waals surface area (Å²) in [6, 6.07) is 14.4. The number of fused-ring (bicyclic) bond motifs is 1. The Morgan fingerprint density at radius 3 is 2.66 bits per heavy atom. The van der Waals surface area contributed by atoms with Crippen molar-refractivity contribution in [2.45, 2.75) is 37.8 Å². The van der Waals surface area contributed by atoms with Crippen LogP contribution < -0.4 is 0 Å². The molecule has 1 saturated carbocycles. The number of halogens is 1. The van der Waals surface area contributed by atoms with Gasteiger partial charge in [0.25, 0.3) is 5.91 Å². The molecule has 3 atom stereocenters. The average Bonchev–Trinajstić information content (AvgIpc) is 3.53. The van der Waals surface area contributed by atoms with Gasteiger partial charge >= 0.3 is 0 Å². The van der Waals surface area contributed by atoms with Crippen LogP contribution in [0.1, 0.15) is 42.0 Å². The normalized spacial score (nSPS) is 27.2. The lowest BCUT2D eigenvalue weighted by Gasteiger charge is -2.41. The summed E-state index contributed by atoms with van der Waals surface area (Å²) in [6.07, 6.45) is 8.86. The quantitative estimate of drug-likeness (QED) is 0.723. The number of carbonyl (C=O) groups is 1. The molecular weight excluding hydrogens is 365 g/mol. The number of carbonyl (C=O) groups excluding carboxylic acids is 1. The van der Waals surface area contributed by atoms with Crippen LogP contribution in [0.25, 0.3) is 0 Å². The minimum atomic E-state index is -0.504. The van der Waals surface area contributed by atoms with Crippen molar-refractivity contribution in [1.29, 1.82) is 0 Å². The predicted molar refractivity (Wildman–Crippen MR) is 108 cm³/mol. The molecule has 29 heavy (non-hydrogen) atoms. The first kappa shape index (κ1) is 18.4. The van der Waals surface area contributed by atoms with E-state index in [9.17, 15) is 9.18 Å². The highest BCUT2D eigenvalue weighted by atomic mass is 19.1. The smallest absolute Gasteiger partial charge is 0.252 e. The van der Waals surface area contributed by atoms with Crippen molar-refractivity contribution in [3.63, 3.8) is 0 Å². The van der Waals surface area contributed by atoms with Gasteiger partial charge in [0.15, 0.2) is 0 Å². The maximum absolute atomic E-state index is 13.6. The van der Waals surface area contributed by atoms with Crippen molar-refractivity contribution in [2.75, 3.05) is 13.2 Å². The fourth-order valence-electron chi connectivity index (χ4n) is 4.96. The molecule has 1 spiro atoms. The van der Waals surface area contributed by atoms with Crippen LogP contribution in [-0.4, -0.2) is 30.1 Å². The van der Waals surface area contributed by atoms with E-state index in [1.54, 1.807) is 12.1 Å². The topological polar surface area (TPSA) is 29.5 Å². The van der Waals surface area contributed by atoms with Crippen molar-refractivity contribution in [3.8, 4) is 12.3 Å².